The molecule has 0 amide bonds. The first-order chi connectivity index (χ1) is 29.2. The second-order valence-electron chi connectivity index (χ2n) is 15.5. The Balaban J connectivity index is 1.17. The summed E-state index contributed by atoms with van der Waals surface area (Å²) in [5.74, 6) is 1.75. The Morgan fingerprint density at radius 1 is 0.288 bits per heavy atom. The van der Waals surface area contributed by atoms with Crippen LogP contribution in [0.25, 0.3) is 132 Å². The van der Waals surface area contributed by atoms with E-state index in [2.05, 4.69) is 164 Å². The van der Waals surface area contributed by atoms with Crippen LogP contribution in [0.3, 0.4) is 0 Å². The van der Waals surface area contributed by atoms with Gasteiger partial charge < -0.3 is 4.42 Å². The molecule has 0 atom stereocenters. The molecular weight excluding hydrogens is 719 g/mol. The summed E-state index contributed by atoms with van der Waals surface area (Å²) in [6.07, 6.45) is 0. The minimum atomic E-state index is 0.557. The maximum Gasteiger partial charge on any atom is 0.167 e. The number of fused-ring (bicyclic) bond motifs is 5. The number of hydrogen-bond donors (Lipinski definition) is 0. The zero-order chi connectivity index (χ0) is 38.6. The van der Waals surface area contributed by atoms with Crippen molar-refractivity contribution < 1.29 is 4.42 Å². The largest absolute Gasteiger partial charge is 0.455 e. The lowest BCUT2D eigenvalue weighted by molar-refractivity contribution is 0.669. The van der Waals surface area contributed by atoms with Crippen molar-refractivity contribution in [2.24, 2.45) is 0 Å². The first-order valence-corrected chi connectivity index (χ1v) is 20.0. The monoisotopic (exact) mass is 749 g/mol. The molecular formula is C55H31N3O. The Morgan fingerprint density at radius 2 is 0.780 bits per heavy atom. The van der Waals surface area contributed by atoms with E-state index in [4.69, 9.17) is 19.4 Å². The molecule has 0 unspecified atom stereocenters. The van der Waals surface area contributed by atoms with Crippen LogP contribution in [0.2, 0.25) is 0 Å². The van der Waals surface area contributed by atoms with Crippen LogP contribution >= 0.6 is 0 Å². The van der Waals surface area contributed by atoms with Gasteiger partial charge in [-0.2, -0.15) is 0 Å². The van der Waals surface area contributed by atoms with Crippen molar-refractivity contribution in [3.05, 3.63) is 188 Å². The summed E-state index contributed by atoms with van der Waals surface area (Å²) >= 11 is 0. The fraction of sp³-hybridized carbons (Fsp3) is 0. The molecule has 0 saturated carbocycles. The summed E-state index contributed by atoms with van der Waals surface area (Å²) in [4.78, 5) is 16.0. The van der Waals surface area contributed by atoms with Crippen molar-refractivity contribution in [2.75, 3.05) is 0 Å². The second kappa shape index (κ2) is 12.3. The van der Waals surface area contributed by atoms with E-state index in [1.54, 1.807) is 0 Å². The van der Waals surface area contributed by atoms with Crippen LogP contribution in [0, 0.1) is 0 Å². The summed E-state index contributed by atoms with van der Waals surface area (Å²) < 4.78 is 6.58. The second-order valence-corrected chi connectivity index (χ2v) is 15.5. The maximum atomic E-state index is 6.58. The van der Waals surface area contributed by atoms with Gasteiger partial charge in [0.25, 0.3) is 0 Å². The van der Waals surface area contributed by atoms with Gasteiger partial charge in [-0.25, -0.2) is 15.0 Å². The third-order valence-electron chi connectivity index (χ3n) is 12.2. The van der Waals surface area contributed by atoms with Gasteiger partial charge in [0, 0.05) is 21.9 Å². The molecule has 0 radical (unpaired) electrons. The van der Waals surface area contributed by atoms with Crippen molar-refractivity contribution >= 4 is 86.6 Å². The van der Waals surface area contributed by atoms with Crippen molar-refractivity contribution in [3.8, 4) is 45.3 Å². The van der Waals surface area contributed by atoms with Gasteiger partial charge >= 0.3 is 0 Å². The van der Waals surface area contributed by atoms with Crippen molar-refractivity contribution in [1.29, 1.82) is 0 Å². The Hall–Kier alpha value is -7.95. The average molecular weight is 750 g/mol. The molecule has 4 nitrogen and oxygen atoms in total. The van der Waals surface area contributed by atoms with Crippen LogP contribution in [0.4, 0.5) is 0 Å². The molecule has 2 heterocycles. The molecule has 0 saturated heterocycles. The van der Waals surface area contributed by atoms with Crippen LogP contribution in [-0.2, 0) is 0 Å². The Kier molecular flexibility index (Phi) is 6.69. The predicted octanol–water partition coefficient (Wildman–Crippen LogP) is 14.8. The molecule has 0 bridgehead atoms. The summed E-state index contributed by atoms with van der Waals surface area (Å²) in [6.45, 7) is 0. The molecule has 13 rings (SSSR count). The van der Waals surface area contributed by atoms with Gasteiger partial charge in [-0.3, -0.25) is 0 Å². The Labute approximate surface area is 338 Å². The van der Waals surface area contributed by atoms with E-state index in [-0.39, 0.29) is 0 Å². The van der Waals surface area contributed by atoms with E-state index in [0.717, 1.165) is 60.5 Å². The van der Waals surface area contributed by atoms with Gasteiger partial charge in [0.2, 0.25) is 0 Å². The number of furan rings is 1. The summed E-state index contributed by atoms with van der Waals surface area (Å²) in [7, 11) is 0. The van der Waals surface area contributed by atoms with E-state index in [0.29, 0.717) is 17.5 Å². The van der Waals surface area contributed by atoms with Gasteiger partial charge in [-0.15, -0.1) is 0 Å². The maximum absolute atomic E-state index is 6.58. The number of rotatable bonds is 4. The number of para-hydroxylation sites is 2. The van der Waals surface area contributed by atoms with Gasteiger partial charge in [0.1, 0.15) is 11.2 Å². The lowest BCUT2D eigenvalue weighted by Gasteiger charge is -2.17. The molecule has 0 aliphatic heterocycles. The van der Waals surface area contributed by atoms with Crippen LogP contribution < -0.4 is 0 Å². The molecule has 0 N–H and O–H groups in total. The zero-order valence-electron chi connectivity index (χ0n) is 31.6. The Morgan fingerprint density at radius 3 is 1.49 bits per heavy atom. The summed E-state index contributed by atoms with van der Waals surface area (Å²) in [6, 6.07) is 66.9. The zero-order valence-corrected chi connectivity index (χ0v) is 31.6. The summed E-state index contributed by atoms with van der Waals surface area (Å²) in [5.41, 5.74) is 6.40. The third kappa shape index (κ3) is 4.75. The predicted molar refractivity (Wildman–Crippen MR) is 245 cm³/mol. The third-order valence-corrected chi connectivity index (χ3v) is 12.2. The smallest absolute Gasteiger partial charge is 0.167 e. The van der Waals surface area contributed by atoms with E-state index >= 15 is 0 Å². The highest BCUT2D eigenvalue weighted by Crippen LogP contribution is 2.45. The molecule has 0 aliphatic carbocycles. The molecule has 13 aromatic rings. The standard InChI is InChI=1S/C55H31N3O/c1-2-12-32(13-3-1)38-17-4-5-19-44(38)54-56-53(57-55(58-54)45-24-11-23-43-39-18-6-7-25-47(39)59-52(43)45)37-30-36-29-28-35-15-9-21-41-40-20-8-14-33-26-27-34-16-10-22-42(50(34)48(33)40)46(31-37)51(36)49(35)41/h1-31H. The van der Waals surface area contributed by atoms with Crippen LogP contribution in [0.5, 0.6) is 0 Å². The molecule has 0 fully saturated rings. The van der Waals surface area contributed by atoms with Gasteiger partial charge in [-0.05, 0) is 100 Å². The molecule has 2 aromatic heterocycles. The van der Waals surface area contributed by atoms with Crippen molar-refractivity contribution in [3.63, 3.8) is 0 Å². The first-order valence-electron chi connectivity index (χ1n) is 20.0. The van der Waals surface area contributed by atoms with Crippen LogP contribution in [0.1, 0.15) is 0 Å². The van der Waals surface area contributed by atoms with Gasteiger partial charge in [0.05, 0.1) is 5.56 Å². The minimum Gasteiger partial charge on any atom is -0.455 e. The Bertz CT molecular complexity index is 3840. The molecule has 0 spiro atoms. The topological polar surface area (TPSA) is 51.8 Å². The number of aromatic nitrogens is 3. The number of nitrogens with zero attached hydrogens (tertiary/aromatic N) is 3. The van der Waals surface area contributed by atoms with Crippen molar-refractivity contribution in [2.45, 2.75) is 0 Å². The minimum absolute atomic E-state index is 0.557. The van der Waals surface area contributed by atoms with E-state index in [1.807, 2.05) is 24.3 Å². The highest BCUT2D eigenvalue weighted by Gasteiger charge is 2.21. The van der Waals surface area contributed by atoms with E-state index in [9.17, 15) is 0 Å². The lowest BCUT2D eigenvalue weighted by Crippen LogP contribution is -2.01. The van der Waals surface area contributed by atoms with Gasteiger partial charge in [-0.1, -0.05) is 164 Å². The highest BCUT2D eigenvalue weighted by molar-refractivity contribution is 6.37. The molecule has 4 heteroatoms. The quantitative estimate of drug-likeness (QED) is 0.168. The SMILES string of the molecule is c1ccc(-c2ccccc2-c2nc(-c3cc4ccc5cccc6c7cccc8ccc9cccc(c(c3)c4c56)c9c87)nc(-c3cccc4c3oc3ccccc34)n2)cc1. The molecule has 272 valence electrons. The summed E-state index contributed by atoms with van der Waals surface area (Å²) in [5, 5.41) is 16.8. The highest BCUT2D eigenvalue weighted by atomic mass is 16.3. The van der Waals surface area contributed by atoms with Crippen LogP contribution in [0.15, 0.2) is 192 Å². The fourth-order valence-corrected chi connectivity index (χ4v) is 9.63. The van der Waals surface area contributed by atoms with E-state index < -0.39 is 0 Å². The van der Waals surface area contributed by atoms with Gasteiger partial charge in [0.15, 0.2) is 17.5 Å². The lowest BCUT2D eigenvalue weighted by atomic mass is 9.87. The molecule has 0 aliphatic rings. The van der Waals surface area contributed by atoms with Crippen molar-refractivity contribution in [1.82, 2.24) is 15.0 Å². The molecule has 11 aromatic carbocycles. The van der Waals surface area contributed by atoms with Crippen LogP contribution in [-0.4, -0.2) is 15.0 Å². The number of benzene rings is 10. The fourth-order valence-electron chi connectivity index (χ4n) is 9.63. The normalized spacial score (nSPS) is 12.1. The number of hydrogen-bond acceptors (Lipinski definition) is 4. The first kappa shape index (κ1) is 32.2. The van der Waals surface area contributed by atoms with E-state index in [1.165, 1.54) is 53.9 Å². The average Bonchev–Trinajstić information content (AvgIpc) is 3.69. The molecule has 59 heavy (non-hydrogen) atoms.